The summed E-state index contributed by atoms with van der Waals surface area (Å²) in [6, 6.07) is 5.35. The number of nitrogens with zero attached hydrogens (tertiary/aromatic N) is 3. The molecule has 1 aliphatic heterocycles. The van der Waals surface area contributed by atoms with Crippen molar-refractivity contribution in [3.63, 3.8) is 0 Å². The van der Waals surface area contributed by atoms with E-state index in [1.165, 1.54) is 6.07 Å². The maximum atomic E-state index is 10.9. The molecule has 0 saturated carbocycles. The summed E-state index contributed by atoms with van der Waals surface area (Å²) >= 11 is 0. The van der Waals surface area contributed by atoms with Crippen molar-refractivity contribution in [1.82, 2.24) is 4.90 Å². The average Bonchev–Trinajstić information content (AvgIpc) is 2.62. The number of nitro benzene ring substituents is 1. The maximum Gasteiger partial charge on any atom is 0.269 e. The summed E-state index contributed by atoms with van der Waals surface area (Å²) in [5.74, 6) is 1.66. The third-order valence-corrected chi connectivity index (χ3v) is 4.39. The lowest BCUT2D eigenvalue weighted by Crippen LogP contribution is -2.37. The molecule has 1 aliphatic rings. The van der Waals surface area contributed by atoms with Gasteiger partial charge in [-0.1, -0.05) is 27.7 Å². The Morgan fingerprint density at radius 1 is 1.43 bits per heavy atom. The molecule has 1 unspecified atom stereocenters. The highest BCUT2D eigenvalue weighted by Gasteiger charge is 2.41. The molecule has 5 heteroatoms. The first-order valence-corrected chi connectivity index (χ1v) is 8.22. The fraction of sp³-hybridized carbons (Fsp3) is 0.611. The predicted molar refractivity (Wildman–Crippen MR) is 94.3 cm³/mol. The Kier molecular flexibility index (Phi) is 4.78. The molecule has 0 radical (unpaired) electrons. The van der Waals surface area contributed by atoms with Crippen LogP contribution in [0.2, 0.25) is 0 Å². The van der Waals surface area contributed by atoms with Crippen LogP contribution in [0.5, 0.6) is 0 Å². The van der Waals surface area contributed by atoms with E-state index in [0.29, 0.717) is 12.0 Å². The molecule has 0 amide bonds. The second-order valence-electron chi connectivity index (χ2n) is 7.65. The van der Waals surface area contributed by atoms with Gasteiger partial charge in [0.25, 0.3) is 5.69 Å². The van der Waals surface area contributed by atoms with Gasteiger partial charge in [0, 0.05) is 30.1 Å². The van der Waals surface area contributed by atoms with Gasteiger partial charge in [0.05, 0.1) is 10.6 Å². The molecule has 1 atom stereocenters. The molecule has 126 valence electrons. The standard InChI is InChI=1S/C18H27N3O2/c1-12(2)11-20-14(4)10-18(5,6)17(20)19-16-8-7-15(21(22)23)9-13(16)3/h7-9,12,14H,10-11H2,1-6H3. The van der Waals surface area contributed by atoms with Crippen molar-refractivity contribution in [2.75, 3.05) is 6.54 Å². The Balaban J connectivity index is 2.43. The summed E-state index contributed by atoms with van der Waals surface area (Å²) in [6.45, 7) is 14.0. The molecular weight excluding hydrogens is 290 g/mol. The molecule has 0 aliphatic carbocycles. The zero-order valence-corrected chi connectivity index (χ0v) is 15.0. The third-order valence-electron chi connectivity index (χ3n) is 4.39. The number of likely N-dealkylation sites (tertiary alicyclic amines) is 1. The van der Waals surface area contributed by atoms with E-state index in [1.807, 2.05) is 6.92 Å². The van der Waals surface area contributed by atoms with Gasteiger partial charge in [-0.25, -0.2) is 4.99 Å². The fourth-order valence-electron chi connectivity index (χ4n) is 3.41. The van der Waals surface area contributed by atoms with Crippen LogP contribution in [0.15, 0.2) is 23.2 Å². The van der Waals surface area contributed by atoms with Gasteiger partial charge in [-0.2, -0.15) is 0 Å². The monoisotopic (exact) mass is 317 g/mol. The minimum atomic E-state index is -0.365. The summed E-state index contributed by atoms with van der Waals surface area (Å²) < 4.78 is 0. The van der Waals surface area contributed by atoms with E-state index in [0.717, 1.165) is 30.1 Å². The van der Waals surface area contributed by atoms with Crippen molar-refractivity contribution in [3.05, 3.63) is 33.9 Å². The van der Waals surface area contributed by atoms with E-state index < -0.39 is 0 Å². The van der Waals surface area contributed by atoms with Crippen molar-refractivity contribution in [2.24, 2.45) is 16.3 Å². The summed E-state index contributed by atoms with van der Waals surface area (Å²) in [5, 5.41) is 10.9. The van der Waals surface area contributed by atoms with Crippen molar-refractivity contribution in [2.45, 2.75) is 54.0 Å². The molecule has 1 aromatic carbocycles. The first-order chi connectivity index (χ1) is 10.6. The highest BCUT2D eigenvalue weighted by Crippen LogP contribution is 2.38. The van der Waals surface area contributed by atoms with Crippen LogP contribution in [0.25, 0.3) is 0 Å². The number of hydrogen-bond donors (Lipinski definition) is 0. The Labute approximate surface area is 138 Å². The lowest BCUT2D eigenvalue weighted by Gasteiger charge is -2.28. The highest BCUT2D eigenvalue weighted by atomic mass is 16.6. The largest absolute Gasteiger partial charge is 0.357 e. The van der Waals surface area contributed by atoms with Crippen LogP contribution in [-0.4, -0.2) is 28.2 Å². The molecule has 1 heterocycles. The molecular formula is C18H27N3O2. The first-order valence-electron chi connectivity index (χ1n) is 8.22. The van der Waals surface area contributed by atoms with Gasteiger partial charge in [0.2, 0.25) is 0 Å². The summed E-state index contributed by atoms with van der Waals surface area (Å²) in [5.41, 5.74) is 1.79. The number of amidine groups is 1. The van der Waals surface area contributed by atoms with Crippen LogP contribution in [0.4, 0.5) is 11.4 Å². The van der Waals surface area contributed by atoms with E-state index in [1.54, 1.807) is 12.1 Å². The topological polar surface area (TPSA) is 58.7 Å². The number of hydrogen-bond acceptors (Lipinski definition) is 3. The Morgan fingerprint density at radius 2 is 2.09 bits per heavy atom. The lowest BCUT2D eigenvalue weighted by molar-refractivity contribution is -0.384. The van der Waals surface area contributed by atoms with Crippen molar-refractivity contribution < 1.29 is 4.92 Å². The lowest BCUT2D eigenvalue weighted by atomic mass is 9.89. The summed E-state index contributed by atoms with van der Waals surface area (Å²) in [6.07, 6.45) is 1.07. The minimum absolute atomic E-state index is 0.0164. The van der Waals surface area contributed by atoms with Gasteiger partial charge in [0.1, 0.15) is 5.84 Å². The SMILES string of the molecule is Cc1cc([N+](=O)[O-])ccc1N=C1N(CC(C)C)C(C)CC1(C)C. The Morgan fingerprint density at radius 3 is 2.61 bits per heavy atom. The molecule has 0 aromatic heterocycles. The number of non-ortho nitro benzene ring substituents is 1. The smallest absolute Gasteiger partial charge is 0.269 e. The minimum Gasteiger partial charge on any atom is -0.357 e. The zero-order chi connectivity index (χ0) is 17.4. The fourth-order valence-corrected chi connectivity index (χ4v) is 3.41. The van der Waals surface area contributed by atoms with Crippen LogP contribution >= 0.6 is 0 Å². The maximum absolute atomic E-state index is 10.9. The second-order valence-corrected chi connectivity index (χ2v) is 7.65. The normalized spacial score (nSPS) is 22.1. The van der Waals surface area contributed by atoms with Gasteiger partial charge in [0.15, 0.2) is 0 Å². The van der Waals surface area contributed by atoms with E-state index in [9.17, 15) is 10.1 Å². The highest BCUT2D eigenvalue weighted by molar-refractivity contribution is 5.92. The van der Waals surface area contributed by atoms with Crippen LogP contribution in [0.3, 0.4) is 0 Å². The molecule has 0 bridgehead atoms. The van der Waals surface area contributed by atoms with Crippen molar-refractivity contribution in [3.8, 4) is 0 Å². The third kappa shape index (κ3) is 3.71. The van der Waals surface area contributed by atoms with E-state index in [4.69, 9.17) is 4.99 Å². The van der Waals surface area contributed by atoms with Crippen LogP contribution in [0, 0.1) is 28.4 Å². The number of aliphatic imine (C=N–C) groups is 1. The number of nitro groups is 1. The molecule has 1 saturated heterocycles. The summed E-state index contributed by atoms with van der Waals surface area (Å²) in [4.78, 5) is 17.8. The van der Waals surface area contributed by atoms with E-state index >= 15 is 0 Å². The van der Waals surface area contributed by atoms with E-state index in [2.05, 4.69) is 39.5 Å². The molecule has 0 N–H and O–H groups in total. The Hall–Kier alpha value is -1.91. The second kappa shape index (κ2) is 6.30. The van der Waals surface area contributed by atoms with Gasteiger partial charge < -0.3 is 4.90 Å². The quantitative estimate of drug-likeness (QED) is 0.597. The average molecular weight is 317 g/mol. The number of aryl methyl sites for hydroxylation is 1. The van der Waals surface area contributed by atoms with Crippen LogP contribution < -0.4 is 0 Å². The molecule has 5 nitrogen and oxygen atoms in total. The van der Waals surface area contributed by atoms with Crippen LogP contribution in [0.1, 0.15) is 46.6 Å². The molecule has 1 aromatic rings. The first kappa shape index (κ1) is 17.4. The number of benzene rings is 1. The summed E-state index contributed by atoms with van der Waals surface area (Å²) in [7, 11) is 0. The van der Waals surface area contributed by atoms with E-state index in [-0.39, 0.29) is 16.0 Å². The van der Waals surface area contributed by atoms with Gasteiger partial charge in [-0.05, 0) is 37.8 Å². The zero-order valence-electron chi connectivity index (χ0n) is 15.0. The van der Waals surface area contributed by atoms with Crippen LogP contribution in [-0.2, 0) is 0 Å². The number of rotatable bonds is 4. The van der Waals surface area contributed by atoms with Gasteiger partial charge in [-0.15, -0.1) is 0 Å². The Bertz CT molecular complexity index is 635. The molecule has 23 heavy (non-hydrogen) atoms. The van der Waals surface area contributed by atoms with Crippen molar-refractivity contribution in [1.29, 1.82) is 0 Å². The molecule has 0 spiro atoms. The van der Waals surface area contributed by atoms with Crippen molar-refractivity contribution >= 4 is 17.2 Å². The predicted octanol–water partition coefficient (Wildman–Crippen LogP) is 4.71. The van der Waals surface area contributed by atoms with Gasteiger partial charge in [-0.3, -0.25) is 10.1 Å². The molecule has 2 rings (SSSR count). The van der Waals surface area contributed by atoms with Gasteiger partial charge >= 0.3 is 0 Å². The molecule has 1 fully saturated rings.